The fraction of sp³-hybridized carbons (Fsp3) is 0.111. The van der Waals surface area contributed by atoms with E-state index in [-0.39, 0.29) is 23.5 Å². The van der Waals surface area contributed by atoms with Crippen LogP contribution in [0.2, 0.25) is 0 Å². The van der Waals surface area contributed by atoms with E-state index in [2.05, 4.69) is 6.58 Å². The number of benzene rings is 2. The van der Waals surface area contributed by atoms with Crippen molar-refractivity contribution < 1.29 is 24.2 Å². The molecule has 0 bridgehead atoms. The zero-order chi connectivity index (χ0) is 16.8. The third-order valence-electron chi connectivity index (χ3n) is 2.95. The molecule has 0 aromatic heterocycles. The second-order valence-corrected chi connectivity index (χ2v) is 4.91. The number of aromatic hydroxyl groups is 1. The van der Waals surface area contributed by atoms with Gasteiger partial charge in [-0.05, 0) is 36.8 Å². The second-order valence-electron chi connectivity index (χ2n) is 4.91. The van der Waals surface area contributed by atoms with Crippen LogP contribution in [0.5, 0.6) is 11.5 Å². The highest BCUT2D eigenvalue weighted by Crippen LogP contribution is 2.21. The van der Waals surface area contributed by atoms with Gasteiger partial charge >= 0.3 is 11.9 Å². The Bertz CT molecular complexity index is 734. The van der Waals surface area contributed by atoms with Gasteiger partial charge in [-0.1, -0.05) is 30.8 Å². The normalized spacial score (nSPS) is 9.96. The molecule has 2 aromatic rings. The average molecular weight is 312 g/mol. The summed E-state index contributed by atoms with van der Waals surface area (Å²) in [6.45, 7) is 5.00. The van der Waals surface area contributed by atoms with Gasteiger partial charge in [0.25, 0.3) is 0 Å². The van der Waals surface area contributed by atoms with Crippen LogP contribution in [0.3, 0.4) is 0 Å². The highest BCUT2D eigenvalue weighted by atomic mass is 16.5. The second kappa shape index (κ2) is 7.26. The fourth-order valence-corrected chi connectivity index (χ4v) is 1.76. The van der Waals surface area contributed by atoms with Gasteiger partial charge in [-0.25, -0.2) is 9.59 Å². The van der Waals surface area contributed by atoms with E-state index in [0.29, 0.717) is 11.3 Å². The molecule has 0 atom stereocenters. The van der Waals surface area contributed by atoms with Crippen molar-refractivity contribution >= 4 is 11.9 Å². The number of carbonyl (C=O) groups is 2. The van der Waals surface area contributed by atoms with Crippen LogP contribution in [-0.4, -0.2) is 17.0 Å². The molecule has 0 aliphatic carbocycles. The Kier molecular flexibility index (Phi) is 5.15. The summed E-state index contributed by atoms with van der Waals surface area (Å²) >= 11 is 0. The molecule has 2 rings (SSSR count). The molecule has 0 saturated carbocycles. The third kappa shape index (κ3) is 4.44. The van der Waals surface area contributed by atoms with Crippen molar-refractivity contribution in [2.45, 2.75) is 13.5 Å². The van der Waals surface area contributed by atoms with Gasteiger partial charge in [0.2, 0.25) is 0 Å². The molecule has 0 aliphatic rings. The van der Waals surface area contributed by atoms with Gasteiger partial charge in [0.1, 0.15) is 23.7 Å². The Morgan fingerprint density at radius 1 is 1.13 bits per heavy atom. The first kappa shape index (κ1) is 16.3. The van der Waals surface area contributed by atoms with Crippen LogP contribution >= 0.6 is 0 Å². The lowest BCUT2D eigenvalue weighted by molar-refractivity contribution is -0.140. The molecular formula is C18H16O5. The van der Waals surface area contributed by atoms with Crippen molar-refractivity contribution in [2.24, 2.45) is 0 Å². The molecule has 1 N–H and O–H groups in total. The van der Waals surface area contributed by atoms with Crippen molar-refractivity contribution in [2.75, 3.05) is 0 Å². The summed E-state index contributed by atoms with van der Waals surface area (Å²) in [4.78, 5) is 23.5. The lowest BCUT2D eigenvalue weighted by Gasteiger charge is -2.09. The molecule has 0 radical (unpaired) electrons. The van der Waals surface area contributed by atoms with Gasteiger partial charge in [-0.3, -0.25) is 0 Å². The largest absolute Gasteiger partial charge is 0.507 e. The Hall–Kier alpha value is -3.08. The molecule has 0 saturated heterocycles. The molecule has 0 aliphatic heterocycles. The van der Waals surface area contributed by atoms with Crippen LogP contribution in [0.25, 0.3) is 0 Å². The number of ether oxygens (including phenoxy) is 2. The number of phenolic OH excluding ortho intramolecular Hbond substituents is 1. The Labute approximate surface area is 133 Å². The van der Waals surface area contributed by atoms with E-state index in [9.17, 15) is 14.7 Å². The number of phenols is 1. The maximum Gasteiger partial charge on any atom is 0.347 e. The number of hydrogen-bond acceptors (Lipinski definition) is 5. The molecule has 0 fully saturated rings. The highest BCUT2D eigenvalue weighted by Gasteiger charge is 2.15. The van der Waals surface area contributed by atoms with E-state index in [1.165, 1.54) is 12.1 Å². The minimum absolute atomic E-state index is 0.00210. The van der Waals surface area contributed by atoms with E-state index < -0.39 is 11.9 Å². The predicted molar refractivity (Wildman–Crippen MR) is 84.1 cm³/mol. The Morgan fingerprint density at radius 3 is 2.48 bits per heavy atom. The standard InChI is InChI=1S/C18H16O5/c1-12(2)17(20)22-11-13-8-9-16(19)15(10-13)18(21)23-14-6-4-3-5-7-14/h3-10,19H,1,11H2,2H3. The van der Waals surface area contributed by atoms with Crippen molar-refractivity contribution in [1.29, 1.82) is 0 Å². The first-order valence-corrected chi connectivity index (χ1v) is 6.89. The first-order chi connectivity index (χ1) is 11.0. The Balaban J connectivity index is 2.12. The van der Waals surface area contributed by atoms with Crippen LogP contribution in [-0.2, 0) is 16.1 Å². The maximum atomic E-state index is 12.1. The topological polar surface area (TPSA) is 72.8 Å². The van der Waals surface area contributed by atoms with Gasteiger partial charge in [0, 0.05) is 5.57 Å². The van der Waals surface area contributed by atoms with Crippen LogP contribution < -0.4 is 4.74 Å². The molecule has 23 heavy (non-hydrogen) atoms. The van der Waals surface area contributed by atoms with Crippen LogP contribution in [0.4, 0.5) is 0 Å². The number of hydrogen-bond donors (Lipinski definition) is 1. The van der Waals surface area contributed by atoms with E-state index in [1.807, 2.05) is 0 Å². The number of para-hydroxylation sites is 1. The lowest BCUT2D eigenvalue weighted by atomic mass is 10.1. The van der Waals surface area contributed by atoms with E-state index in [4.69, 9.17) is 9.47 Å². The predicted octanol–water partition coefficient (Wildman–Crippen LogP) is 3.23. The van der Waals surface area contributed by atoms with Crippen LogP contribution in [0, 0.1) is 0 Å². The zero-order valence-electron chi connectivity index (χ0n) is 12.6. The van der Waals surface area contributed by atoms with Gasteiger partial charge in [-0.15, -0.1) is 0 Å². The summed E-state index contributed by atoms with van der Waals surface area (Å²) in [7, 11) is 0. The SMILES string of the molecule is C=C(C)C(=O)OCc1ccc(O)c(C(=O)Oc2ccccc2)c1. The van der Waals surface area contributed by atoms with Crippen molar-refractivity contribution in [3.63, 3.8) is 0 Å². The highest BCUT2D eigenvalue weighted by molar-refractivity contribution is 5.94. The number of carbonyl (C=O) groups excluding carboxylic acids is 2. The van der Waals surface area contributed by atoms with Gasteiger partial charge < -0.3 is 14.6 Å². The molecular weight excluding hydrogens is 296 g/mol. The third-order valence-corrected chi connectivity index (χ3v) is 2.95. The van der Waals surface area contributed by atoms with Crippen molar-refractivity contribution in [3.05, 3.63) is 71.8 Å². The molecule has 0 amide bonds. The molecule has 118 valence electrons. The summed E-state index contributed by atoms with van der Waals surface area (Å²) < 4.78 is 10.2. The summed E-state index contributed by atoms with van der Waals surface area (Å²) in [5, 5.41) is 9.83. The molecule has 5 heteroatoms. The van der Waals surface area contributed by atoms with E-state index in [0.717, 1.165) is 0 Å². The minimum Gasteiger partial charge on any atom is -0.507 e. The summed E-state index contributed by atoms with van der Waals surface area (Å²) in [6.07, 6.45) is 0. The monoisotopic (exact) mass is 312 g/mol. The van der Waals surface area contributed by atoms with E-state index in [1.54, 1.807) is 43.3 Å². The zero-order valence-corrected chi connectivity index (χ0v) is 12.6. The molecule has 0 unspecified atom stereocenters. The van der Waals surface area contributed by atoms with Gasteiger partial charge in [-0.2, -0.15) is 0 Å². The summed E-state index contributed by atoms with van der Waals surface area (Å²) in [5.41, 5.74) is 0.836. The van der Waals surface area contributed by atoms with E-state index >= 15 is 0 Å². The lowest BCUT2D eigenvalue weighted by Crippen LogP contribution is -2.10. The molecule has 0 spiro atoms. The fourth-order valence-electron chi connectivity index (χ4n) is 1.76. The van der Waals surface area contributed by atoms with Gasteiger partial charge in [0.05, 0.1) is 0 Å². The van der Waals surface area contributed by atoms with Crippen LogP contribution in [0.15, 0.2) is 60.7 Å². The van der Waals surface area contributed by atoms with Crippen molar-refractivity contribution in [1.82, 2.24) is 0 Å². The maximum absolute atomic E-state index is 12.1. The first-order valence-electron chi connectivity index (χ1n) is 6.89. The number of rotatable bonds is 5. The quantitative estimate of drug-likeness (QED) is 0.521. The van der Waals surface area contributed by atoms with Crippen LogP contribution in [0.1, 0.15) is 22.8 Å². The Morgan fingerprint density at radius 2 is 1.83 bits per heavy atom. The molecule has 0 heterocycles. The smallest absolute Gasteiger partial charge is 0.347 e. The summed E-state index contributed by atoms with van der Waals surface area (Å²) in [5.74, 6) is -1.05. The minimum atomic E-state index is -0.693. The summed E-state index contributed by atoms with van der Waals surface area (Å²) in [6, 6.07) is 12.9. The van der Waals surface area contributed by atoms with Gasteiger partial charge in [0.15, 0.2) is 0 Å². The van der Waals surface area contributed by atoms with Crippen molar-refractivity contribution in [3.8, 4) is 11.5 Å². The molecule has 5 nitrogen and oxygen atoms in total. The average Bonchev–Trinajstić information content (AvgIpc) is 2.54. The molecule has 2 aromatic carbocycles. The number of esters is 2.